The fourth-order valence-electron chi connectivity index (χ4n) is 2.58. The maximum atomic E-state index is 13.0. The second kappa shape index (κ2) is 7.13. The van der Waals surface area contributed by atoms with Gasteiger partial charge < -0.3 is 10.1 Å². The minimum atomic E-state index is -4.35. The third-order valence-electron chi connectivity index (χ3n) is 3.61. The Morgan fingerprint density at radius 1 is 1.29 bits per heavy atom. The van der Waals surface area contributed by atoms with E-state index in [4.69, 9.17) is 0 Å². The molecule has 2 atom stereocenters. The molecule has 1 aliphatic heterocycles. The molecule has 0 spiro atoms. The Morgan fingerprint density at radius 2 is 1.95 bits per heavy atom. The number of rotatable bonds is 2. The molecule has 1 aliphatic rings. The number of carbonyl (C=O) groups excluding carboxylic acids is 1. The summed E-state index contributed by atoms with van der Waals surface area (Å²) in [6.45, 7) is 0.340. The Balaban J connectivity index is 0.00000220. The molecule has 2 unspecified atom stereocenters. The number of esters is 1. The smallest absolute Gasteiger partial charge is 0.416 e. The van der Waals surface area contributed by atoms with Crippen LogP contribution >= 0.6 is 12.4 Å². The van der Waals surface area contributed by atoms with Gasteiger partial charge in [0.25, 0.3) is 0 Å². The second-order valence-corrected chi connectivity index (χ2v) is 4.84. The third kappa shape index (κ3) is 4.11. The van der Waals surface area contributed by atoms with Gasteiger partial charge in [-0.2, -0.15) is 13.2 Å². The van der Waals surface area contributed by atoms with Crippen LogP contribution in [0.4, 0.5) is 13.2 Å². The van der Waals surface area contributed by atoms with Gasteiger partial charge in [-0.25, -0.2) is 0 Å². The molecule has 7 heteroatoms. The molecule has 0 bridgehead atoms. The molecule has 0 aromatic heterocycles. The molecule has 3 nitrogen and oxygen atoms in total. The SMILES string of the molecule is COC(=O)C1CCC(c2ccccc2C(F)(F)F)CN1.Cl. The Hall–Kier alpha value is -1.27. The average Bonchev–Trinajstić information content (AvgIpc) is 2.46. The molecule has 0 radical (unpaired) electrons. The molecular formula is C14H17ClF3NO2. The van der Waals surface area contributed by atoms with E-state index in [1.54, 1.807) is 6.07 Å². The number of methoxy groups -OCH3 is 1. The van der Waals surface area contributed by atoms with Crippen LogP contribution < -0.4 is 5.32 Å². The summed E-state index contributed by atoms with van der Waals surface area (Å²) in [6, 6.07) is 5.18. The van der Waals surface area contributed by atoms with Gasteiger partial charge in [0, 0.05) is 6.54 Å². The van der Waals surface area contributed by atoms with E-state index in [0.29, 0.717) is 19.4 Å². The first-order valence-electron chi connectivity index (χ1n) is 6.41. The molecular weight excluding hydrogens is 307 g/mol. The molecule has 21 heavy (non-hydrogen) atoms. The number of alkyl halides is 3. The van der Waals surface area contributed by atoms with Crippen LogP contribution in [0.15, 0.2) is 24.3 Å². The van der Waals surface area contributed by atoms with Gasteiger partial charge in [0.05, 0.1) is 12.7 Å². The molecule has 0 amide bonds. The third-order valence-corrected chi connectivity index (χ3v) is 3.61. The molecule has 1 heterocycles. The number of piperidine rings is 1. The first-order valence-corrected chi connectivity index (χ1v) is 6.41. The Labute approximate surface area is 127 Å². The van der Waals surface area contributed by atoms with E-state index in [-0.39, 0.29) is 29.9 Å². The van der Waals surface area contributed by atoms with Crippen LogP contribution in [0.1, 0.15) is 29.9 Å². The van der Waals surface area contributed by atoms with Crippen molar-refractivity contribution in [2.24, 2.45) is 0 Å². The predicted molar refractivity (Wildman–Crippen MR) is 74.5 cm³/mol. The summed E-state index contributed by atoms with van der Waals surface area (Å²) >= 11 is 0. The van der Waals surface area contributed by atoms with E-state index in [9.17, 15) is 18.0 Å². The Bertz CT molecular complexity index is 485. The van der Waals surface area contributed by atoms with Crippen molar-refractivity contribution in [1.82, 2.24) is 5.32 Å². The zero-order chi connectivity index (χ0) is 14.8. The van der Waals surface area contributed by atoms with E-state index < -0.39 is 17.8 Å². The van der Waals surface area contributed by atoms with Gasteiger partial charge in [-0.05, 0) is 30.4 Å². The van der Waals surface area contributed by atoms with Crippen LogP contribution in [-0.4, -0.2) is 25.7 Å². The fourth-order valence-corrected chi connectivity index (χ4v) is 2.58. The largest absolute Gasteiger partial charge is 0.468 e. The van der Waals surface area contributed by atoms with Crippen molar-refractivity contribution in [1.29, 1.82) is 0 Å². The van der Waals surface area contributed by atoms with Gasteiger partial charge in [-0.15, -0.1) is 12.4 Å². The van der Waals surface area contributed by atoms with E-state index in [2.05, 4.69) is 10.1 Å². The maximum Gasteiger partial charge on any atom is 0.416 e. The van der Waals surface area contributed by atoms with Gasteiger partial charge in [-0.3, -0.25) is 4.79 Å². The molecule has 1 aromatic carbocycles. The maximum absolute atomic E-state index is 13.0. The van der Waals surface area contributed by atoms with E-state index in [1.165, 1.54) is 19.2 Å². The summed E-state index contributed by atoms with van der Waals surface area (Å²) in [6.07, 6.45) is -3.35. The Kier molecular flexibility index (Phi) is 6.04. The van der Waals surface area contributed by atoms with Crippen LogP contribution in [-0.2, 0) is 15.7 Å². The van der Waals surface area contributed by atoms with Crippen molar-refractivity contribution >= 4 is 18.4 Å². The van der Waals surface area contributed by atoms with Crippen molar-refractivity contribution in [3.05, 3.63) is 35.4 Å². The average molecular weight is 324 g/mol. The number of hydrogen-bond acceptors (Lipinski definition) is 3. The summed E-state index contributed by atoms with van der Waals surface area (Å²) in [4.78, 5) is 11.4. The summed E-state index contributed by atoms with van der Waals surface area (Å²) in [5, 5.41) is 2.96. The van der Waals surface area contributed by atoms with Crippen LogP contribution in [0.3, 0.4) is 0 Å². The van der Waals surface area contributed by atoms with Crippen molar-refractivity contribution in [3.63, 3.8) is 0 Å². The summed E-state index contributed by atoms with van der Waals surface area (Å²) < 4.78 is 43.5. The van der Waals surface area contributed by atoms with Crippen molar-refractivity contribution in [2.75, 3.05) is 13.7 Å². The molecule has 0 aliphatic carbocycles. The summed E-state index contributed by atoms with van der Waals surface area (Å²) in [5.74, 6) is -0.610. The van der Waals surface area contributed by atoms with Gasteiger partial charge in [0.1, 0.15) is 6.04 Å². The zero-order valence-corrected chi connectivity index (χ0v) is 12.3. The first-order chi connectivity index (χ1) is 9.43. The van der Waals surface area contributed by atoms with Gasteiger partial charge in [0.15, 0.2) is 0 Å². The molecule has 1 saturated heterocycles. The zero-order valence-electron chi connectivity index (χ0n) is 11.4. The van der Waals surface area contributed by atoms with Crippen LogP contribution in [0.25, 0.3) is 0 Å². The summed E-state index contributed by atoms with van der Waals surface area (Å²) in [7, 11) is 1.30. The van der Waals surface area contributed by atoms with E-state index in [1.807, 2.05) is 0 Å². The van der Waals surface area contributed by atoms with Crippen LogP contribution in [0.5, 0.6) is 0 Å². The predicted octanol–water partition coefficient (Wildman–Crippen LogP) is 3.14. The number of carbonyl (C=O) groups is 1. The lowest BCUT2D eigenvalue weighted by Gasteiger charge is -2.30. The van der Waals surface area contributed by atoms with Crippen LogP contribution in [0.2, 0.25) is 0 Å². The number of halogens is 4. The van der Waals surface area contributed by atoms with E-state index >= 15 is 0 Å². The minimum absolute atomic E-state index is 0. The number of hydrogen-bond donors (Lipinski definition) is 1. The van der Waals surface area contributed by atoms with Crippen molar-refractivity contribution in [2.45, 2.75) is 31.0 Å². The van der Waals surface area contributed by atoms with Crippen molar-refractivity contribution < 1.29 is 22.7 Å². The highest BCUT2D eigenvalue weighted by molar-refractivity contribution is 5.85. The van der Waals surface area contributed by atoms with Gasteiger partial charge in [0.2, 0.25) is 0 Å². The lowest BCUT2D eigenvalue weighted by atomic mass is 9.86. The quantitative estimate of drug-likeness (QED) is 0.850. The number of ether oxygens (including phenoxy) is 1. The standard InChI is InChI=1S/C14H16F3NO2.ClH/c1-20-13(19)12-7-6-9(8-18-12)10-4-2-3-5-11(10)14(15,16)17;/h2-5,9,12,18H,6-8H2,1H3;1H. The molecule has 0 saturated carbocycles. The summed E-state index contributed by atoms with van der Waals surface area (Å²) in [5.41, 5.74) is -0.306. The lowest BCUT2D eigenvalue weighted by molar-refractivity contribution is -0.144. The molecule has 2 rings (SSSR count). The van der Waals surface area contributed by atoms with Crippen LogP contribution in [0, 0.1) is 0 Å². The Morgan fingerprint density at radius 3 is 2.48 bits per heavy atom. The molecule has 118 valence electrons. The molecule has 1 fully saturated rings. The molecule has 1 aromatic rings. The number of nitrogens with one attached hydrogen (secondary N) is 1. The van der Waals surface area contributed by atoms with E-state index in [0.717, 1.165) is 6.07 Å². The lowest BCUT2D eigenvalue weighted by Crippen LogP contribution is -2.44. The topological polar surface area (TPSA) is 38.3 Å². The van der Waals surface area contributed by atoms with Crippen molar-refractivity contribution in [3.8, 4) is 0 Å². The highest BCUT2D eigenvalue weighted by atomic mass is 35.5. The highest BCUT2D eigenvalue weighted by Crippen LogP contribution is 2.37. The molecule has 1 N–H and O–H groups in total. The van der Waals surface area contributed by atoms with Gasteiger partial charge >= 0.3 is 12.1 Å². The highest BCUT2D eigenvalue weighted by Gasteiger charge is 2.36. The number of benzene rings is 1. The second-order valence-electron chi connectivity index (χ2n) is 4.84. The monoisotopic (exact) mass is 323 g/mol. The first kappa shape index (κ1) is 17.8. The van der Waals surface area contributed by atoms with Gasteiger partial charge in [-0.1, -0.05) is 18.2 Å². The fraction of sp³-hybridized carbons (Fsp3) is 0.500. The normalized spacial score (nSPS) is 22.3. The minimum Gasteiger partial charge on any atom is -0.468 e.